The number of nitrogens with one attached hydrogen (secondary N) is 1. The highest BCUT2D eigenvalue weighted by Gasteiger charge is 2.24. The van der Waals surface area contributed by atoms with Gasteiger partial charge in [0.15, 0.2) is 0 Å². The molecule has 80 valence electrons. The van der Waals surface area contributed by atoms with E-state index in [2.05, 4.69) is 5.32 Å². The number of aryl methyl sites for hydroxylation is 1. The topological polar surface area (TPSA) is 55.2 Å². The molecular weight excluding hydrogens is 199 g/mol. The van der Waals surface area contributed by atoms with Crippen LogP contribution in [-0.2, 0) is 6.42 Å². The molecule has 5 heteroatoms. The molecular formula is C10H11FN2O2. The molecule has 0 bridgehead atoms. The van der Waals surface area contributed by atoms with Crippen molar-refractivity contribution in [3.05, 3.63) is 33.6 Å². The maximum atomic E-state index is 13.1. The molecule has 0 spiro atoms. The van der Waals surface area contributed by atoms with Gasteiger partial charge in [-0.15, -0.1) is 0 Å². The van der Waals surface area contributed by atoms with Crippen molar-refractivity contribution in [2.75, 3.05) is 5.32 Å². The number of nitro benzene ring substituents is 1. The molecule has 0 aliphatic carbocycles. The highest BCUT2D eigenvalue weighted by Crippen LogP contribution is 2.34. The van der Waals surface area contributed by atoms with E-state index < -0.39 is 10.7 Å². The summed E-state index contributed by atoms with van der Waals surface area (Å²) in [6, 6.07) is 2.52. The highest BCUT2D eigenvalue weighted by molar-refractivity contribution is 5.68. The number of hydrogen-bond donors (Lipinski definition) is 1. The third kappa shape index (κ3) is 1.77. The largest absolute Gasteiger partial charge is 0.377 e. The summed E-state index contributed by atoms with van der Waals surface area (Å²) in [5.74, 6) is -0.545. The van der Waals surface area contributed by atoms with Crippen LogP contribution in [0.1, 0.15) is 18.9 Å². The Morgan fingerprint density at radius 2 is 2.33 bits per heavy atom. The van der Waals surface area contributed by atoms with E-state index in [-0.39, 0.29) is 11.7 Å². The normalized spacial score (nSPS) is 19.2. The standard InChI is InChI=1S/C10H11FN2O2/c1-6-2-3-7-4-8(11)5-9(13(14)15)10(7)12-6/h4-6,12H,2-3H2,1H3/t6-/m1/s1. The first-order valence-electron chi connectivity index (χ1n) is 4.81. The Labute approximate surface area is 86.3 Å². The van der Waals surface area contributed by atoms with E-state index in [1.54, 1.807) is 0 Å². The Kier molecular flexibility index (Phi) is 2.30. The minimum atomic E-state index is -0.549. The van der Waals surface area contributed by atoms with E-state index >= 15 is 0 Å². The van der Waals surface area contributed by atoms with Gasteiger partial charge in [0.1, 0.15) is 11.5 Å². The van der Waals surface area contributed by atoms with Gasteiger partial charge < -0.3 is 5.32 Å². The van der Waals surface area contributed by atoms with Gasteiger partial charge in [-0.1, -0.05) is 0 Å². The van der Waals surface area contributed by atoms with Gasteiger partial charge in [0.05, 0.1) is 11.0 Å². The summed E-state index contributed by atoms with van der Waals surface area (Å²) >= 11 is 0. The second kappa shape index (κ2) is 3.49. The summed E-state index contributed by atoms with van der Waals surface area (Å²) in [6.07, 6.45) is 1.55. The van der Waals surface area contributed by atoms with Crippen LogP contribution >= 0.6 is 0 Å². The zero-order valence-corrected chi connectivity index (χ0v) is 8.29. The molecule has 4 nitrogen and oxygen atoms in total. The molecule has 1 aromatic carbocycles. The van der Waals surface area contributed by atoms with Gasteiger partial charge in [0.2, 0.25) is 0 Å². The number of rotatable bonds is 1. The Bertz CT molecular complexity index is 420. The molecule has 0 saturated carbocycles. The molecule has 1 heterocycles. The summed E-state index contributed by atoms with van der Waals surface area (Å²) in [4.78, 5) is 10.2. The molecule has 1 atom stereocenters. The SMILES string of the molecule is C[C@@H]1CCc2cc(F)cc([N+](=O)[O-])c2N1. The fourth-order valence-electron chi connectivity index (χ4n) is 1.85. The van der Waals surface area contributed by atoms with Gasteiger partial charge in [0.25, 0.3) is 5.69 Å². The van der Waals surface area contributed by atoms with E-state index in [1.807, 2.05) is 6.92 Å². The minimum absolute atomic E-state index is 0.170. The second-order valence-electron chi connectivity index (χ2n) is 3.80. The Morgan fingerprint density at radius 3 is 3.00 bits per heavy atom. The van der Waals surface area contributed by atoms with Crippen molar-refractivity contribution >= 4 is 11.4 Å². The average Bonchev–Trinajstić information content (AvgIpc) is 2.17. The van der Waals surface area contributed by atoms with Gasteiger partial charge in [-0.3, -0.25) is 10.1 Å². The lowest BCUT2D eigenvalue weighted by Gasteiger charge is -2.23. The molecule has 0 saturated heterocycles. The van der Waals surface area contributed by atoms with Crippen LogP contribution in [0, 0.1) is 15.9 Å². The van der Waals surface area contributed by atoms with Crippen molar-refractivity contribution in [1.82, 2.24) is 0 Å². The first kappa shape index (κ1) is 9.89. The molecule has 1 aliphatic rings. The number of fused-ring (bicyclic) bond motifs is 1. The van der Waals surface area contributed by atoms with E-state index in [0.29, 0.717) is 17.7 Å². The predicted molar refractivity (Wildman–Crippen MR) is 54.5 cm³/mol. The van der Waals surface area contributed by atoms with E-state index in [4.69, 9.17) is 0 Å². The minimum Gasteiger partial charge on any atom is -0.377 e. The van der Waals surface area contributed by atoms with Crippen molar-refractivity contribution in [2.45, 2.75) is 25.8 Å². The van der Waals surface area contributed by atoms with Gasteiger partial charge in [-0.05, 0) is 31.4 Å². The molecule has 1 N–H and O–H groups in total. The van der Waals surface area contributed by atoms with E-state index in [1.165, 1.54) is 6.07 Å². The lowest BCUT2D eigenvalue weighted by molar-refractivity contribution is -0.384. The predicted octanol–water partition coefficient (Wildman–Crippen LogP) is 2.48. The van der Waals surface area contributed by atoms with Crippen LogP contribution in [-0.4, -0.2) is 11.0 Å². The maximum Gasteiger partial charge on any atom is 0.295 e. The summed E-state index contributed by atoms with van der Waals surface area (Å²) in [5, 5.41) is 13.8. The zero-order chi connectivity index (χ0) is 11.0. The monoisotopic (exact) mass is 210 g/mol. The third-order valence-electron chi connectivity index (χ3n) is 2.60. The van der Waals surface area contributed by atoms with Crippen molar-refractivity contribution in [2.24, 2.45) is 0 Å². The van der Waals surface area contributed by atoms with Crippen LogP contribution in [0.3, 0.4) is 0 Å². The molecule has 1 aliphatic heterocycles. The smallest absolute Gasteiger partial charge is 0.295 e. The van der Waals surface area contributed by atoms with Gasteiger partial charge >= 0.3 is 0 Å². The Morgan fingerprint density at radius 1 is 1.60 bits per heavy atom. The van der Waals surface area contributed by atoms with Crippen LogP contribution in [0.15, 0.2) is 12.1 Å². The van der Waals surface area contributed by atoms with Crippen LogP contribution in [0.5, 0.6) is 0 Å². The van der Waals surface area contributed by atoms with Gasteiger partial charge in [-0.25, -0.2) is 4.39 Å². The quantitative estimate of drug-likeness (QED) is 0.572. The van der Waals surface area contributed by atoms with Gasteiger partial charge in [0, 0.05) is 6.04 Å². The van der Waals surface area contributed by atoms with Crippen LogP contribution < -0.4 is 5.32 Å². The summed E-state index contributed by atoms with van der Waals surface area (Å²) < 4.78 is 13.1. The molecule has 1 aromatic rings. The summed E-state index contributed by atoms with van der Waals surface area (Å²) in [5.41, 5.74) is 0.997. The fraction of sp³-hybridized carbons (Fsp3) is 0.400. The Balaban J connectivity index is 2.55. The van der Waals surface area contributed by atoms with Crippen LogP contribution in [0.4, 0.5) is 15.8 Å². The van der Waals surface area contributed by atoms with E-state index in [0.717, 1.165) is 12.5 Å². The maximum absolute atomic E-state index is 13.1. The fourth-order valence-corrected chi connectivity index (χ4v) is 1.85. The number of hydrogen-bond acceptors (Lipinski definition) is 3. The van der Waals surface area contributed by atoms with Crippen molar-refractivity contribution < 1.29 is 9.31 Å². The molecule has 2 rings (SSSR count). The van der Waals surface area contributed by atoms with Crippen molar-refractivity contribution in [3.63, 3.8) is 0 Å². The molecule has 0 amide bonds. The van der Waals surface area contributed by atoms with Crippen LogP contribution in [0.2, 0.25) is 0 Å². The molecule has 0 radical (unpaired) electrons. The number of benzene rings is 1. The summed E-state index contributed by atoms with van der Waals surface area (Å²) in [6.45, 7) is 1.95. The second-order valence-corrected chi connectivity index (χ2v) is 3.80. The summed E-state index contributed by atoms with van der Waals surface area (Å²) in [7, 11) is 0. The van der Waals surface area contributed by atoms with Crippen LogP contribution in [0.25, 0.3) is 0 Å². The number of nitrogens with zero attached hydrogens (tertiary/aromatic N) is 1. The lowest BCUT2D eigenvalue weighted by Crippen LogP contribution is -2.23. The molecule has 0 aromatic heterocycles. The van der Waals surface area contributed by atoms with Crippen molar-refractivity contribution in [1.29, 1.82) is 0 Å². The number of anilines is 1. The first-order valence-corrected chi connectivity index (χ1v) is 4.81. The molecule has 0 fully saturated rings. The third-order valence-corrected chi connectivity index (χ3v) is 2.60. The first-order chi connectivity index (χ1) is 7.08. The number of halogens is 1. The van der Waals surface area contributed by atoms with E-state index in [9.17, 15) is 14.5 Å². The number of nitro groups is 1. The van der Waals surface area contributed by atoms with Gasteiger partial charge in [-0.2, -0.15) is 0 Å². The zero-order valence-electron chi connectivity index (χ0n) is 8.29. The average molecular weight is 210 g/mol. The van der Waals surface area contributed by atoms with Crippen molar-refractivity contribution in [3.8, 4) is 0 Å². The molecule has 0 unspecified atom stereocenters. The molecule has 15 heavy (non-hydrogen) atoms. The Hall–Kier alpha value is -1.65. The lowest BCUT2D eigenvalue weighted by atomic mass is 9.98. The highest BCUT2D eigenvalue weighted by atomic mass is 19.1.